The normalized spacial score (nSPS) is 22.3. The van der Waals surface area contributed by atoms with Crippen molar-refractivity contribution in [2.75, 3.05) is 13.1 Å². The second kappa shape index (κ2) is 4.33. The van der Waals surface area contributed by atoms with E-state index < -0.39 is 0 Å². The van der Waals surface area contributed by atoms with Gasteiger partial charge in [0.05, 0.1) is 0 Å². The van der Waals surface area contributed by atoms with Gasteiger partial charge in [-0.3, -0.25) is 0 Å². The van der Waals surface area contributed by atoms with E-state index in [1.807, 2.05) is 6.92 Å². The third kappa shape index (κ3) is 2.10. The van der Waals surface area contributed by atoms with Crippen LogP contribution < -0.4 is 5.32 Å². The van der Waals surface area contributed by atoms with Gasteiger partial charge in [0.1, 0.15) is 0 Å². The summed E-state index contributed by atoms with van der Waals surface area (Å²) >= 11 is 6.11. The van der Waals surface area contributed by atoms with Crippen LogP contribution in [0.3, 0.4) is 0 Å². The highest BCUT2D eigenvalue weighted by molar-refractivity contribution is 6.31. The molecule has 2 rings (SSSR count). The highest BCUT2D eigenvalue weighted by atomic mass is 35.5. The summed E-state index contributed by atoms with van der Waals surface area (Å²) in [5.74, 6) is 0.654. The number of nitrogens with one attached hydrogen (secondary N) is 1. The molecule has 0 aliphatic carbocycles. The summed E-state index contributed by atoms with van der Waals surface area (Å²) in [7, 11) is 0. The van der Waals surface area contributed by atoms with Gasteiger partial charge < -0.3 is 5.32 Å². The first-order chi connectivity index (χ1) is 6.77. The molecule has 76 valence electrons. The molecule has 1 fully saturated rings. The lowest BCUT2D eigenvalue weighted by Crippen LogP contribution is -2.28. The molecule has 1 aliphatic heterocycles. The van der Waals surface area contributed by atoms with Crippen molar-refractivity contribution in [2.24, 2.45) is 0 Å². The zero-order valence-electron chi connectivity index (χ0n) is 8.52. The highest BCUT2D eigenvalue weighted by Gasteiger charge is 2.15. The first-order valence-corrected chi connectivity index (χ1v) is 5.62. The lowest BCUT2D eigenvalue weighted by atomic mass is 9.91. The van der Waals surface area contributed by atoms with Gasteiger partial charge >= 0.3 is 0 Å². The van der Waals surface area contributed by atoms with Crippen molar-refractivity contribution in [3.8, 4) is 0 Å². The molecule has 1 nitrogen and oxygen atoms in total. The summed E-state index contributed by atoms with van der Waals surface area (Å²) in [5.41, 5.74) is 2.55. The summed E-state index contributed by atoms with van der Waals surface area (Å²) in [5, 5.41) is 4.32. The van der Waals surface area contributed by atoms with Crippen LogP contribution in [-0.2, 0) is 0 Å². The average molecular weight is 210 g/mol. The van der Waals surface area contributed by atoms with Crippen molar-refractivity contribution in [1.29, 1.82) is 0 Å². The van der Waals surface area contributed by atoms with Gasteiger partial charge in [-0.25, -0.2) is 0 Å². The van der Waals surface area contributed by atoms with Gasteiger partial charge in [-0.15, -0.1) is 0 Å². The van der Waals surface area contributed by atoms with Gasteiger partial charge in [-0.2, -0.15) is 0 Å². The van der Waals surface area contributed by atoms with Crippen LogP contribution in [-0.4, -0.2) is 13.1 Å². The predicted molar refractivity (Wildman–Crippen MR) is 61.0 cm³/mol. The van der Waals surface area contributed by atoms with Crippen molar-refractivity contribution in [3.63, 3.8) is 0 Å². The Labute approximate surface area is 90.5 Å². The maximum atomic E-state index is 6.11. The molecular weight excluding hydrogens is 194 g/mol. The fourth-order valence-corrected chi connectivity index (χ4v) is 2.19. The Kier molecular flexibility index (Phi) is 3.09. The van der Waals surface area contributed by atoms with E-state index >= 15 is 0 Å². The summed E-state index contributed by atoms with van der Waals surface area (Å²) < 4.78 is 0. The Bertz CT molecular complexity index is 316. The lowest BCUT2D eigenvalue weighted by Gasteiger charge is -2.23. The molecular formula is C12H16ClN. The molecule has 14 heavy (non-hydrogen) atoms. The van der Waals surface area contributed by atoms with E-state index in [9.17, 15) is 0 Å². The molecule has 1 aromatic carbocycles. The van der Waals surface area contributed by atoms with Crippen molar-refractivity contribution in [3.05, 3.63) is 34.3 Å². The Balaban J connectivity index is 2.18. The third-order valence-corrected chi connectivity index (χ3v) is 3.37. The van der Waals surface area contributed by atoms with Crippen LogP contribution in [0.1, 0.15) is 29.9 Å². The zero-order chi connectivity index (χ0) is 9.97. The quantitative estimate of drug-likeness (QED) is 0.750. The average Bonchev–Trinajstić information content (AvgIpc) is 2.23. The van der Waals surface area contributed by atoms with E-state index in [0.717, 1.165) is 18.1 Å². The molecule has 0 amide bonds. The molecule has 1 heterocycles. The molecule has 1 N–H and O–H groups in total. The molecule has 0 unspecified atom stereocenters. The molecule has 2 heteroatoms. The van der Waals surface area contributed by atoms with Crippen LogP contribution in [0.25, 0.3) is 0 Å². The predicted octanol–water partition coefficient (Wildman–Crippen LogP) is 3.12. The summed E-state index contributed by atoms with van der Waals surface area (Å²) in [6.07, 6.45) is 2.56. The lowest BCUT2D eigenvalue weighted by molar-refractivity contribution is 0.461. The maximum Gasteiger partial charge on any atom is 0.0438 e. The van der Waals surface area contributed by atoms with E-state index in [1.54, 1.807) is 0 Å². The number of piperidine rings is 1. The van der Waals surface area contributed by atoms with Crippen LogP contribution in [0.15, 0.2) is 18.2 Å². The highest BCUT2D eigenvalue weighted by Crippen LogP contribution is 2.26. The first-order valence-electron chi connectivity index (χ1n) is 5.24. The van der Waals surface area contributed by atoms with Gasteiger partial charge in [0.15, 0.2) is 0 Å². The minimum Gasteiger partial charge on any atom is -0.316 e. The Morgan fingerprint density at radius 2 is 2.29 bits per heavy atom. The van der Waals surface area contributed by atoms with Crippen LogP contribution in [0.4, 0.5) is 0 Å². The molecule has 1 atom stereocenters. The van der Waals surface area contributed by atoms with Gasteiger partial charge in [0.2, 0.25) is 0 Å². The molecule has 1 saturated heterocycles. The Morgan fingerprint density at radius 3 is 2.93 bits per heavy atom. The third-order valence-electron chi connectivity index (χ3n) is 2.96. The van der Waals surface area contributed by atoms with Crippen LogP contribution in [0, 0.1) is 6.92 Å². The summed E-state index contributed by atoms with van der Waals surface area (Å²) in [4.78, 5) is 0. The first kappa shape index (κ1) is 10.0. The van der Waals surface area contributed by atoms with Crippen molar-refractivity contribution < 1.29 is 0 Å². The summed E-state index contributed by atoms with van der Waals surface area (Å²) in [6.45, 7) is 4.31. The fourth-order valence-electron chi connectivity index (χ4n) is 2.00. The Morgan fingerprint density at radius 1 is 1.43 bits per heavy atom. The van der Waals surface area contributed by atoms with Crippen molar-refractivity contribution >= 4 is 11.6 Å². The molecule has 1 aromatic rings. The van der Waals surface area contributed by atoms with Crippen LogP contribution >= 0.6 is 11.6 Å². The second-order valence-electron chi connectivity index (χ2n) is 4.05. The Hall–Kier alpha value is -0.530. The monoisotopic (exact) mass is 209 g/mol. The molecule has 0 aromatic heterocycles. The number of hydrogen-bond acceptors (Lipinski definition) is 1. The number of hydrogen-bond donors (Lipinski definition) is 1. The molecule has 0 spiro atoms. The minimum atomic E-state index is 0.654. The number of halogens is 1. The van der Waals surface area contributed by atoms with Gasteiger partial charge in [-0.05, 0) is 49.4 Å². The molecule has 0 radical (unpaired) electrons. The number of benzene rings is 1. The van der Waals surface area contributed by atoms with E-state index in [-0.39, 0.29) is 0 Å². The van der Waals surface area contributed by atoms with E-state index in [4.69, 9.17) is 11.6 Å². The van der Waals surface area contributed by atoms with Gasteiger partial charge in [-0.1, -0.05) is 23.7 Å². The maximum absolute atomic E-state index is 6.11. The van der Waals surface area contributed by atoms with E-state index in [1.165, 1.54) is 24.0 Å². The van der Waals surface area contributed by atoms with Gasteiger partial charge in [0, 0.05) is 11.6 Å². The standard InChI is InChI=1S/C12H16ClN/c1-9-4-5-10(7-12(9)13)11-3-2-6-14-8-11/h4-5,7,11,14H,2-3,6,8H2,1H3/t11-/m1/s1. The van der Waals surface area contributed by atoms with Gasteiger partial charge in [0.25, 0.3) is 0 Å². The second-order valence-corrected chi connectivity index (χ2v) is 4.46. The largest absolute Gasteiger partial charge is 0.316 e. The smallest absolute Gasteiger partial charge is 0.0438 e. The molecule has 0 saturated carbocycles. The van der Waals surface area contributed by atoms with Crippen molar-refractivity contribution in [1.82, 2.24) is 5.32 Å². The SMILES string of the molecule is Cc1ccc([C@@H]2CCCNC2)cc1Cl. The van der Waals surface area contributed by atoms with E-state index in [0.29, 0.717) is 5.92 Å². The molecule has 1 aliphatic rings. The van der Waals surface area contributed by atoms with Crippen LogP contribution in [0.5, 0.6) is 0 Å². The minimum absolute atomic E-state index is 0.654. The topological polar surface area (TPSA) is 12.0 Å². The molecule has 0 bridgehead atoms. The summed E-state index contributed by atoms with van der Waals surface area (Å²) in [6, 6.07) is 6.44. The number of aryl methyl sites for hydroxylation is 1. The van der Waals surface area contributed by atoms with Crippen molar-refractivity contribution in [2.45, 2.75) is 25.7 Å². The number of rotatable bonds is 1. The van der Waals surface area contributed by atoms with E-state index in [2.05, 4.69) is 23.5 Å². The zero-order valence-corrected chi connectivity index (χ0v) is 9.27. The fraction of sp³-hybridized carbons (Fsp3) is 0.500. The van der Waals surface area contributed by atoms with Crippen LogP contribution in [0.2, 0.25) is 5.02 Å².